The molecule has 4 heterocycles. The van der Waals surface area contributed by atoms with Gasteiger partial charge in [0.25, 0.3) is 10.1 Å². The van der Waals surface area contributed by atoms with Gasteiger partial charge in [0.15, 0.2) is 5.60 Å². The Morgan fingerprint density at radius 3 is 1.16 bits per heavy atom. The monoisotopic (exact) mass is 882 g/mol. The summed E-state index contributed by atoms with van der Waals surface area (Å²) in [5, 5.41) is 0. The number of allylic oxidation sites excluding steroid dienone is 2. The molecule has 5 aromatic carbocycles. The third-order valence-electron chi connectivity index (χ3n) is 12.6. The smallest absolute Gasteiger partial charge is 0.298 e. The molecule has 4 aliphatic rings. The van der Waals surface area contributed by atoms with Crippen LogP contribution >= 0.6 is 0 Å². The fraction of sp³-hybridized carbons (Fsp3) is 0.346. The molecule has 0 unspecified atom stereocenters. The van der Waals surface area contributed by atoms with Gasteiger partial charge in [0, 0.05) is 75.1 Å². The molecule has 0 spiro atoms. The maximum Gasteiger partial charge on any atom is 0.298 e. The quantitative estimate of drug-likeness (QED) is 0.0862. The minimum atomic E-state index is -4.33. The molecule has 0 aliphatic carbocycles. The second-order valence-electron chi connectivity index (χ2n) is 16.6. The van der Waals surface area contributed by atoms with Gasteiger partial charge in [-0.25, -0.2) is 4.18 Å². The molecule has 0 bridgehead atoms. The first-order valence-electron chi connectivity index (χ1n) is 22.5. The second kappa shape index (κ2) is 20.1. The fourth-order valence-corrected chi connectivity index (χ4v) is 10.0. The Hall–Kier alpha value is -5.47. The third-order valence-corrected chi connectivity index (χ3v) is 13.9. The van der Waals surface area contributed by atoms with E-state index in [2.05, 4.69) is 98.5 Å². The predicted octanol–water partition coefficient (Wildman–Crippen LogP) is 7.68. The summed E-state index contributed by atoms with van der Waals surface area (Å²) in [6, 6.07) is 40.4. The van der Waals surface area contributed by atoms with E-state index in [1.807, 2.05) is 43.3 Å². The molecule has 4 fully saturated rings. The fourth-order valence-electron chi connectivity index (χ4n) is 8.88. The van der Waals surface area contributed by atoms with Gasteiger partial charge in [-0.1, -0.05) is 78.4 Å². The van der Waals surface area contributed by atoms with E-state index in [-0.39, 0.29) is 4.90 Å². The van der Waals surface area contributed by atoms with Crippen LogP contribution in [0.5, 0.6) is 0 Å². The highest BCUT2D eigenvalue weighted by atomic mass is 32.2. The van der Waals surface area contributed by atoms with Crippen LogP contribution in [0.1, 0.15) is 27.8 Å². The highest BCUT2D eigenvalue weighted by Gasteiger charge is 2.39. The second-order valence-corrected chi connectivity index (χ2v) is 18.2. The Labute approximate surface area is 378 Å². The van der Waals surface area contributed by atoms with Crippen LogP contribution < -0.4 is 19.6 Å². The van der Waals surface area contributed by atoms with Gasteiger partial charge in [-0.2, -0.15) is 8.42 Å². The van der Waals surface area contributed by atoms with Crippen LogP contribution in [0, 0.1) is 6.92 Å². The molecule has 9 rings (SSSR count). The number of anilines is 4. The van der Waals surface area contributed by atoms with Crippen molar-refractivity contribution in [3.05, 3.63) is 167 Å². The van der Waals surface area contributed by atoms with E-state index in [1.165, 1.54) is 0 Å². The van der Waals surface area contributed by atoms with Gasteiger partial charge in [0.1, 0.15) is 0 Å². The lowest BCUT2D eigenvalue weighted by Crippen LogP contribution is -2.36. The molecular formula is C52H58N4O7S. The van der Waals surface area contributed by atoms with Crippen molar-refractivity contribution < 1.29 is 31.5 Å². The number of ether oxygens (including phenoxy) is 4. The van der Waals surface area contributed by atoms with E-state index in [4.69, 9.17) is 23.1 Å². The molecule has 5 aromatic rings. The molecule has 64 heavy (non-hydrogen) atoms. The van der Waals surface area contributed by atoms with E-state index in [9.17, 15) is 8.42 Å². The summed E-state index contributed by atoms with van der Waals surface area (Å²) in [6.07, 6.45) is 5.93. The molecule has 12 heteroatoms. The Kier molecular flexibility index (Phi) is 13.8. The van der Waals surface area contributed by atoms with Crippen LogP contribution in [0.4, 0.5) is 22.7 Å². The van der Waals surface area contributed by atoms with E-state index < -0.39 is 15.7 Å². The highest BCUT2D eigenvalue weighted by Crippen LogP contribution is 2.41. The molecule has 0 N–H and O–H groups in total. The van der Waals surface area contributed by atoms with Gasteiger partial charge in [-0.3, -0.25) is 0 Å². The maximum atomic E-state index is 14.7. The molecule has 11 nitrogen and oxygen atoms in total. The molecule has 334 valence electrons. The number of rotatable bonds is 13. The van der Waals surface area contributed by atoms with E-state index >= 15 is 0 Å². The molecule has 0 aromatic heterocycles. The van der Waals surface area contributed by atoms with Crippen molar-refractivity contribution >= 4 is 38.4 Å². The summed E-state index contributed by atoms with van der Waals surface area (Å²) in [5.74, 6) is 0. The van der Waals surface area contributed by atoms with Gasteiger partial charge >= 0.3 is 0 Å². The summed E-state index contributed by atoms with van der Waals surface area (Å²) in [5.41, 5.74) is 8.17. The normalized spacial score (nSPS) is 17.8. The van der Waals surface area contributed by atoms with Crippen LogP contribution in [0.15, 0.2) is 144 Å². The Morgan fingerprint density at radius 1 is 0.484 bits per heavy atom. The number of benzene rings is 5. The largest absolute Gasteiger partial charge is 0.378 e. The van der Waals surface area contributed by atoms with Gasteiger partial charge < -0.3 is 38.5 Å². The van der Waals surface area contributed by atoms with Crippen LogP contribution in [-0.2, 0) is 38.8 Å². The molecule has 4 saturated heterocycles. The lowest BCUT2D eigenvalue weighted by molar-refractivity contribution is 0.122. The topological polar surface area (TPSA) is 93.2 Å². The molecule has 0 atom stereocenters. The Bertz CT molecular complexity index is 2330. The molecule has 0 amide bonds. The zero-order valence-corrected chi connectivity index (χ0v) is 37.5. The standard InChI is InChI=1S/C52H58N4O7S/c1-41-4-22-50(23-5-41)64(57,58)63-52(44-10-18-48(19-11-44)55-29-37-61-38-30-55,45-12-20-49(21-13-45)56-31-39-62-40-32-56)24-2-3-51(42-6-14-46(15-7-42)53-25-33-59-34-26-53)43-8-16-47(17-9-43)54-27-35-60-36-28-54/h2-24H,25-40H2,1H3. The SMILES string of the molecule is Cc1ccc(S(=O)(=O)OC(C=CC=C(c2ccc(N3CCOCC3)cc2)c2ccc(N3CCOCC3)cc2)(c2ccc(N3CCOCC3)cc2)c2ccc(N3CCOCC3)cc2)cc1. The number of morpholine rings is 4. The zero-order chi connectivity index (χ0) is 43.8. The van der Waals surface area contributed by atoms with Crippen molar-refractivity contribution in [3.8, 4) is 0 Å². The minimum Gasteiger partial charge on any atom is -0.378 e. The Morgan fingerprint density at radius 2 is 0.812 bits per heavy atom. The lowest BCUT2D eigenvalue weighted by Gasteiger charge is -2.34. The first-order valence-corrected chi connectivity index (χ1v) is 23.9. The van der Waals surface area contributed by atoms with Gasteiger partial charge in [0.2, 0.25) is 0 Å². The molecule has 4 aliphatic heterocycles. The van der Waals surface area contributed by atoms with Crippen LogP contribution in [0.25, 0.3) is 5.57 Å². The Balaban J connectivity index is 1.17. The summed E-state index contributed by atoms with van der Waals surface area (Å²) in [4.78, 5) is 9.36. The maximum absolute atomic E-state index is 14.7. The van der Waals surface area contributed by atoms with Crippen LogP contribution in [0.2, 0.25) is 0 Å². The average Bonchev–Trinajstić information content (AvgIpc) is 3.36. The van der Waals surface area contributed by atoms with Crippen LogP contribution in [-0.4, -0.2) is 114 Å². The summed E-state index contributed by atoms with van der Waals surface area (Å²) in [7, 11) is -4.33. The first kappa shape index (κ1) is 43.8. The van der Waals surface area contributed by atoms with Gasteiger partial charge in [-0.05, 0) is 101 Å². The number of hydrogen-bond acceptors (Lipinski definition) is 11. The van der Waals surface area contributed by atoms with Crippen molar-refractivity contribution in [2.75, 3.05) is 125 Å². The molecular weight excluding hydrogens is 825 g/mol. The van der Waals surface area contributed by atoms with Crippen molar-refractivity contribution in [3.63, 3.8) is 0 Å². The summed E-state index contributed by atoms with van der Waals surface area (Å²) >= 11 is 0. The van der Waals surface area contributed by atoms with Gasteiger partial charge in [-0.15, -0.1) is 0 Å². The minimum absolute atomic E-state index is 0.0858. The molecule has 0 saturated carbocycles. The van der Waals surface area contributed by atoms with Crippen molar-refractivity contribution in [2.45, 2.75) is 17.4 Å². The van der Waals surface area contributed by atoms with Gasteiger partial charge in [0.05, 0.1) is 57.8 Å². The van der Waals surface area contributed by atoms with E-state index in [0.29, 0.717) is 64.0 Å². The first-order chi connectivity index (χ1) is 31.3. The number of nitrogens with zero attached hydrogens (tertiary/aromatic N) is 4. The number of aryl methyl sites for hydroxylation is 1. The van der Waals surface area contributed by atoms with Crippen LogP contribution in [0.3, 0.4) is 0 Å². The zero-order valence-electron chi connectivity index (χ0n) is 36.6. The highest BCUT2D eigenvalue weighted by molar-refractivity contribution is 7.86. The summed E-state index contributed by atoms with van der Waals surface area (Å²) in [6.45, 7) is 13.9. The molecule has 0 radical (unpaired) electrons. The van der Waals surface area contributed by atoms with Crippen molar-refractivity contribution in [2.24, 2.45) is 0 Å². The van der Waals surface area contributed by atoms with Crippen molar-refractivity contribution in [1.82, 2.24) is 0 Å². The third kappa shape index (κ3) is 10.1. The van der Waals surface area contributed by atoms with Crippen molar-refractivity contribution in [1.29, 1.82) is 0 Å². The van der Waals surface area contributed by atoms with E-state index in [0.717, 1.165) is 97.4 Å². The average molecular weight is 883 g/mol. The predicted molar refractivity (Wildman–Crippen MR) is 254 cm³/mol. The van der Waals surface area contributed by atoms with E-state index in [1.54, 1.807) is 24.3 Å². The lowest BCUT2D eigenvalue weighted by atomic mass is 9.85. The number of hydrogen-bond donors (Lipinski definition) is 0. The summed E-state index contributed by atoms with van der Waals surface area (Å²) < 4.78 is 58.6.